The summed E-state index contributed by atoms with van der Waals surface area (Å²) in [5.74, 6) is 0.216. The van der Waals surface area contributed by atoms with E-state index in [1.165, 1.54) is 0 Å². The third-order valence-corrected chi connectivity index (χ3v) is 4.61. The van der Waals surface area contributed by atoms with Crippen molar-refractivity contribution in [3.8, 4) is 17.0 Å². The van der Waals surface area contributed by atoms with Gasteiger partial charge in [0.1, 0.15) is 5.65 Å². The van der Waals surface area contributed by atoms with Crippen molar-refractivity contribution < 1.29 is 9.52 Å². The van der Waals surface area contributed by atoms with Gasteiger partial charge in [0.05, 0.1) is 29.1 Å². The lowest BCUT2D eigenvalue weighted by Gasteiger charge is -2.04. The molecule has 26 heavy (non-hydrogen) atoms. The summed E-state index contributed by atoms with van der Waals surface area (Å²) >= 11 is 0. The topological polar surface area (TPSA) is 68.5 Å². The van der Waals surface area contributed by atoms with E-state index in [1.807, 2.05) is 57.9 Å². The largest absolute Gasteiger partial charge is 0.494 e. The average molecular weight is 344 g/mol. The van der Waals surface area contributed by atoms with Gasteiger partial charge >= 0.3 is 0 Å². The van der Waals surface area contributed by atoms with Gasteiger partial charge in [-0.1, -0.05) is 6.07 Å². The predicted octanol–water partition coefficient (Wildman–Crippen LogP) is 3.89. The van der Waals surface area contributed by atoms with E-state index in [0.717, 1.165) is 39.8 Å². The number of aromatic nitrogens is 4. The number of nitrogens with zero attached hydrogens (tertiary/aromatic N) is 4. The lowest BCUT2D eigenvalue weighted by Crippen LogP contribution is -1.99. The van der Waals surface area contributed by atoms with E-state index in [4.69, 9.17) is 4.42 Å². The summed E-state index contributed by atoms with van der Waals surface area (Å²) in [5.41, 5.74) is 4.50. The molecule has 0 fully saturated rings. The maximum atomic E-state index is 10.8. The highest BCUT2D eigenvalue weighted by molar-refractivity contribution is 5.98. The van der Waals surface area contributed by atoms with Crippen molar-refractivity contribution in [2.24, 2.45) is 0 Å². The zero-order valence-corrected chi connectivity index (χ0v) is 13.9. The van der Waals surface area contributed by atoms with Gasteiger partial charge in [-0.2, -0.15) is 0 Å². The molecule has 5 aromatic rings. The zero-order chi connectivity index (χ0) is 17.5. The van der Waals surface area contributed by atoms with Gasteiger partial charge in [0, 0.05) is 48.9 Å². The van der Waals surface area contributed by atoms with Crippen LogP contribution >= 0.6 is 0 Å². The highest BCUT2D eigenvalue weighted by Crippen LogP contribution is 2.35. The Labute approximate surface area is 149 Å². The molecule has 0 saturated carbocycles. The average Bonchev–Trinajstić information content (AvgIpc) is 3.39. The summed E-state index contributed by atoms with van der Waals surface area (Å²) in [4.78, 5) is 9.00. The highest BCUT2D eigenvalue weighted by atomic mass is 16.3. The van der Waals surface area contributed by atoms with Gasteiger partial charge in [-0.15, -0.1) is 0 Å². The molecule has 0 amide bonds. The molecule has 0 unspecified atom stereocenters. The SMILES string of the molecule is Oc1c2c(-c3ccoc3)ccnc2cn1CCc1cn2ccccc2n1. The van der Waals surface area contributed by atoms with E-state index in [2.05, 4.69) is 9.97 Å². The predicted molar refractivity (Wildman–Crippen MR) is 98.0 cm³/mol. The lowest BCUT2D eigenvalue weighted by molar-refractivity contribution is 0.422. The molecule has 0 aromatic carbocycles. The van der Waals surface area contributed by atoms with E-state index in [1.54, 1.807) is 18.7 Å². The molecule has 128 valence electrons. The van der Waals surface area contributed by atoms with Crippen LogP contribution < -0.4 is 0 Å². The Morgan fingerprint density at radius 2 is 2.08 bits per heavy atom. The van der Waals surface area contributed by atoms with Crippen LogP contribution in [-0.2, 0) is 13.0 Å². The molecule has 0 spiro atoms. The van der Waals surface area contributed by atoms with E-state index in [-0.39, 0.29) is 5.88 Å². The van der Waals surface area contributed by atoms with Gasteiger partial charge in [0.25, 0.3) is 0 Å². The number of hydrogen-bond donors (Lipinski definition) is 1. The molecular formula is C20H16N4O2. The first kappa shape index (κ1) is 14.8. The van der Waals surface area contributed by atoms with Crippen LogP contribution in [0.3, 0.4) is 0 Å². The number of aromatic hydroxyl groups is 1. The summed E-state index contributed by atoms with van der Waals surface area (Å²) in [5, 5.41) is 11.5. The fraction of sp³-hybridized carbons (Fsp3) is 0.100. The fourth-order valence-corrected chi connectivity index (χ4v) is 3.33. The zero-order valence-electron chi connectivity index (χ0n) is 13.9. The van der Waals surface area contributed by atoms with Gasteiger partial charge in [-0.3, -0.25) is 4.98 Å². The molecule has 6 heteroatoms. The van der Waals surface area contributed by atoms with Crippen molar-refractivity contribution in [3.05, 3.63) is 73.3 Å². The van der Waals surface area contributed by atoms with Crippen molar-refractivity contribution in [3.63, 3.8) is 0 Å². The van der Waals surface area contributed by atoms with E-state index < -0.39 is 0 Å². The molecule has 0 aliphatic heterocycles. The number of aryl methyl sites for hydroxylation is 2. The van der Waals surface area contributed by atoms with Crippen molar-refractivity contribution in [2.75, 3.05) is 0 Å². The number of rotatable bonds is 4. The van der Waals surface area contributed by atoms with Crippen molar-refractivity contribution in [2.45, 2.75) is 13.0 Å². The maximum Gasteiger partial charge on any atom is 0.201 e. The highest BCUT2D eigenvalue weighted by Gasteiger charge is 2.15. The third kappa shape index (κ3) is 2.35. The van der Waals surface area contributed by atoms with Crippen LogP contribution in [0.25, 0.3) is 27.7 Å². The summed E-state index contributed by atoms with van der Waals surface area (Å²) in [6.45, 7) is 0.622. The van der Waals surface area contributed by atoms with Crippen molar-refractivity contribution in [1.82, 2.24) is 18.9 Å². The summed E-state index contributed by atoms with van der Waals surface area (Å²) in [6.07, 6.45) is 11.6. The minimum Gasteiger partial charge on any atom is -0.494 e. The molecule has 5 aromatic heterocycles. The van der Waals surface area contributed by atoms with E-state index >= 15 is 0 Å². The third-order valence-electron chi connectivity index (χ3n) is 4.61. The van der Waals surface area contributed by atoms with Gasteiger partial charge in [-0.25, -0.2) is 4.98 Å². The Morgan fingerprint density at radius 1 is 1.12 bits per heavy atom. The Bertz CT molecular complexity index is 1170. The summed E-state index contributed by atoms with van der Waals surface area (Å²) in [6, 6.07) is 9.69. The monoisotopic (exact) mass is 344 g/mol. The standard InChI is InChI=1S/C20H16N4O2/c25-20-19-16(14-6-10-26-13-14)4-7-21-17(19)12-24(20)9-5-15-11-23-8-2-1-3-18(23)22-15/h1-4,6-8,10-13,25H,5,9H2. The molecule has 0 saturated heterocycles. The summed E-state index contributed by atoms with van der Waals surface area (Å²) in [7, 11) is 0. The maximum absolute atomic E-state index is 10.8. The molecule has 5 heterocycles. The smallest absolute Gasteiger partial charge is 0.201 e. The molecular weight excluding hydrogens is 328 g/mol. The van der Waals surface area contributed by atoms with Gasteiger partial charge < -0.3 is 18.5 Å². The lowest BCUT2D eigenvalue weighted by atomic mass is 10.1. The molecule has 0 radical (unpaired) electrons. The van der Waals surface area contributed by atoms with Crippen LogP contribution in [0.1, 0.15) is 5.69 Å². The minimum absolute atomic E-state index is 0.216. The molecule has 1 N–H and O–H groups in total. The summed E-state index contributed by atoms with van der Waals surface area (Å²) < 4.78 is 9.00. The fourth-order valence-electron chi connectivity index (χ4n) is 3.33. The Kier molecular flexibility index (Phi) is 3.28. The number of furan rings is 1. The van der Waals surface area contributed by atoms with E-state index in [9.17, 15) is 5.11 Å². The van der Waals surface area contributed by atoms with Crippen molar-refractivity contribution >= 4 is 16.6 Å². The first-order valence-electron chi connectivity index (χ1n) is 8.41. The Morgan fingerprint density at radius 3 is 2.92 bits per heavy atom. The first-order valence-corrected chi connectivity index (χ1v) is 8.41. The van der Waals surface area contributed by atoms with Crippen LogP contribution in [0.4, 0.5) is 0 Å². The van der Waals surface area contributed by atoms with Crippen LogP contribution in [0.15, 0.2) is 72.1 Å². The first-order chi connectivity index (χ1) is 12.8. The molecule has 0 aliphatic carbocycles. The van der Waals surface area contributed by atoms with Crippen molar-refractivity contribution in [1.29, 1.82) is 0 Å². The molecule has 0 aliphatic rings. The van der Waals surface area contributed by atoms with Crippen LogP contribution in [0.2, 0.25) is 0 Å². The molecule has 0 bridgehead atoms. The molecule has 6 nitrogen and oxygen atoms in total. The van der Waals surface area contributed by atoms with Gasteiger partial charge in [0.2, 0.25) is 5.88 Å². The molecule has 0 atom stereocenters. The second-order valence-corrected chi connectivity index (χ2v) is 6.23. The number of pyridine rings is 2. The van der Waals surface area contributed by atoms with E-state index in [0.29, 0.717) is 6.54 Å². The second kappa shape index (κ2) is 5.77. The normalized spacial score (nSPS) is 11.5. The van der Waals surface area contributed by atoms with Crippen LogP contribution in [0.5, 0.6) is 5.88 Å². The molecule has 5 rings (SSSR count). The number of fused-ring (bicyclic) bond motifs is 2. The van der Waals surface area contributed by atoms with Crippen LogP contribution in [0, 0.1) is 0 Å². The minimum atomic E-state index is 0.216. The Hall–Kier alpha value is -3.54. The van der Waals surface area contributed by atoms with Crippen LogP contribution in [-0.4, -0.2) is 24.0 Å². The van der Waals surface area contributed by atoms with Gasteiger partial charge in [0.15, 0.2) is 0 Å². The number of imidazole rings is 1. The second-order valence-electron chi connectivity index (χ2n) is 6.23. The number of hydrogen-bond acceptors (Lipinski definition) is 4. The quantitative estimate of drug-likeness (QED) is 0.537. The van der Waals surface area contributed by atoms with Gasteiger partial charge in [-0.05, 0) is 24.3 Å². The Balaban J connectivity index is 1.49.